The normalized spacial score (nSPS) is 26.2. The van der Waals surface area contributed by atoms with E-state index in [1.807, 2.05) is 27.7 Å². The zero-order valence-electron chi connectivity index (χ0n) is 12.9. The lowest BCUT2D eigenvalue weighted by Gasteiger charge is -2.41. The number of amides is 1. The molecule has 2 heterocycles. The SMILES string of the molecule is CC(C)(N)C(C)(C)C(=O)N1CCCN2CCCC2C1. The molecule has 1 atom stereocenters. The van der Waals surface area contributed by atoms with Gasteiger partial charge in [-0.15, -0.1) is 0 Å². The molecule has 2 fully saturated rings. The van der Waals surface area contributed by atoms with Crippen LogP contribution in [0.15, 0.2) is 0 Å². The molecule has 4 heteroatoms. The lowest BCUT2D eigenvalue weighted by molar-refractivity contribution is -0.143. The molecule has 0 aromatic heterocycles. The molecule has 0 saturated carbocycles. The van der Waals surface area contributed by atoms with Crippen LogP contribution in [0.4, 0.5) is 0 Å². The summed E-state index contributed by atoms with van der Waals surface area (Å²) in [5.41, 5.74) is 5.20. The van der Waals surface area contributed by atoms with Crippen molar-refractivity contribution in [3.63, 3.8) is 0 Å². The van der Waals surface area contributed by atoms with Crippen LogP contribution in [0.1, 0.15) is 47.0 Å². The maximum absolute atomic E-state index is 12.8. The van der Waals surface area contributed by atoms with Crippen molar-refractivity contribution in [2.75, 3.05) is 26.2 Å². The molecular weight excluding hydrogens is 238 g/mol. The van der Waals surface area contributed by atoms with Gasteiger partial charge in [0.2, 0.25) is 5.91 Å². The van der Waals surface area contributed by atoms with E-state index in [0.29, 0.717) is 6.04 Å². The van der Waals surface area contributed by atoms with Crippen molar-refractivity contribution in [2.24, 2.45) is 11.1 Å². The minimum Gasteiger partial charge on any atom is -0.341 e. The van der Waals surface area contributed by atoms with Crippen LogP contribution < -0.4 is 5.73 Å². The summed E-state index contributed by atoms with van der Waals surface area (Å²) in [6.45, 7) is 12.0. The molecule has 2 rings (SSSR count). The van der Waals surface area contributed by atoms with E-state index in [4.69, 9.17) is 5.73 Å². The predicted molar refractivity (Wildman–Crippen MR) is 77.8 cm³/mol. The quantitative estimate of drug-likeness (QED) is 0.824. The van der Waals surface area contributed by atoms with E-state index >= 15 is 0 Å². The third kappa shape index (κ3) is 2.79. The molecule has 4 nitrogen and oxygen atoms in total. The van der Waals surface area contributed by atoms with Crippen LogP contribution in [0, 0.1) is 5.41 Å². The van der Waals surface area contributed by atoms with Gasteiger partial charge in [0.25, 0.3) is 0 Å². The molecule has 1 amide bonds. The van der Waals surface area contributed by atoms with E-state index in [1.165, 1.54) is 19.4 Å². The largest absolute Gasteiger partial charge is 0.341 e. The first-order chi connectivity index (χ1) is 8.73. The molecule has 1 unspecified atom stereocenters. The molecule has 2 aliphatic rings. The molecule has 2 aliphatic heterocycles. The highest BCUT2D eigenvalue weighted by Crippen LogP contribution is 2.32. The van der Waals surface area contributed by atoms with Gasteiger partial charge in [-0.2, -0.15) is 0 Å². The highest BCUT2D eigenvalue weighted by atomic mass is 16.2. The van der Waals surface area contributed by atoms with Gasteiger partial charge in [0.15, 0.2) is 0 Å². The molecule has 0 aliphatic carbocycles. The third-order valence-corrected chi connectivity index (χ3v) is 5.24. The topological polar surface area (TPSA) is 49.6 Å². The highest BCUT2D eigenvalue weighted by molar-refractivity contribution is 5.83. The molecule has 0 spiro atoms. The number of hydrogen-bond donors (Lipinski definition) is 1. The van der Waals surface area contributed by atoms with Crippen LogP contribution in [0.5, 0.6) is 0 Å². The van der Waals surface area contributed by atoms with E-state index in [1.54, 1.807) is 0 Å². The second-order valence-corrected chi connectivity index (χ2v) is 7.28. The fourth-order valence-electron chi connectivity index (χ4n) is 3.06. The Morgan fingerprint density at radius 2 is 1.74 bits per heavy atom. The van der Waals surface area contributed by atoms with Gasteiger partial charge in [-0.25, -0.2) is 0 Å². The summed E-state index contributed by atoms with van der Waals surface area (Å²) in [5.74, 6) is 0.216. The van der Waals surface area contributed by atoms with E-state index in [9.17, 15) is 4.79 Å². The van der Waals surface area contributed by atoms with Crippen molar-refractivity contribution in [1.82, 2.24) is 9.80 Å². The molecular formula is C15H29N3O. The van der Waals surface area contributed by atoms with Crippen molar-refractivity contribution in [2.45, 2.75) is 58.5 Å². The van der Waals surface area contributed by atoms with Gasteiger partial charge in [-0.3, -0.25) is 9.69 Å². The van der Waals surface area contributed by atoms with Crippen LogP contribution in [0.2, 0.25) is 0 Å². The van der Waals surface area contributed by atoms with Crippen molar-refractivity contribution in [1.29, 1.82) is 0 Å². The maximum Gasteiger partial charge on any atom is 0.230 e. The van der Waals surface area contributed by atoms with Crippen LogP contribution in [-0.4, -0.2) is 53.5 Å². The second-order valence-electron chi connectivity index (χ2n) is 7.28. The summed E-state index contributed by atoms with van der Waals surface area (Å²) in [5, 5.41) is 0. The van der Waals surface area contributed by atoms with Gasteiger partial charge in [0.05, 0.1) is 5.41 Å². The Hall–Kier alpha value is -0.610. The number of fused-ring (bicyclic) bond motifs is 1. The van der Waals surface area contributed by atoms with Crippen LogP contribution >= 0.6 is 0 Å². The highest BCUT2D eigenvalue weighted by Gasteiger charge is 2.44. The van der Waals surface area contributed by atoms with Gasteiger partial charge in [0, 0.05) is 31.2 Å². The zero-order chi connectivity index (χ0) is 14.3. The summed E-state index contributed by atoms with van der Waals surface area (Å²) in [4.78, 5) is 17.4. The van der Waals surface area contributed by atoms with Crippen LogP contribution in [-0.2, 0) is 4.79 Å². The molecule has 0 aromatic carbocycles. The Kier molecular flexibility index (Phi) is 3.94. The molecule has 0 radical (unpaired) electrons. The van der Waals surface area contributed by atoms with Gasteiger partial charge in [0.1, 0.15) is 0 Å². The summed E-state index contributed by atoms with van der Waals surface area (Å²) in [6, 6.07) is 0.572. The maximum atomic E-state index is 12.8. The number of carbonyl (C=O) groups is 1. The third-order valence-electron chi connectivity index (χ3n) is 5.24. The van der Waals surface area contributed by atoms with Gasteiger partial charge in [-0.05, 0) is 53.5 Å². The van der Waals surface area contributed by atoms with Gasteiger partial charge in [-0.1, -0.05) is 0 Å². The first-order valence-corrected chi connectivity index (χ1v) is 7.56. The van der Waals surface area contributed by atoms with Crippen molar-refractivity contribution in [3.8, 4) is 0 Å². The standard InChI is InChI=1S/C15H29N3O/c1-14(2,15(3,4)16)13(19)18-10-6-9-17-8-5-7-12(17)11-18/h12H,5-11,16H2,1-4H3. The fraction of sp³-hybridized carbons (Fsp3) is 0.933. The zero-order valence-corrected chi connectivity index (χ0v) is 12.9. The average molecular weight is 267 g/mol. The number of carbonyl (C=O) groups excluding carboxylic acids is 1. The lowest BCUT2D eigenvalue weighted by atomic mass is 9.74. The number of rotatable bonds is 2. The summed E-state index contributed by atoms with van der Waals surface area (Å²) < 4.78 is 0. The first-order valence-electron chi connectivity index (χ1n) is 7.56. The van der Waals surface area contributed by atoms with Crippen LogP contribution in [0.25, 0.3) is 0 Å². The van der Waals surface area contributed by atoms with E-state index in [0.717, 1.165) is 26.1 Å². The van der Waals surface area contributed by atoms with E-state index in [2.05, 4.69) is 9.80 Å². The first kappa shape index (κ1) is 14.8. The lowest BCUT2D eigenvalue weighted by Crippen LogP contribution is -2.57. The number of nitrogens with zero attached hydrogens (tertiary/aromatic N) is 2. The van der Waals surface area contributed by atoms with Crippen molar-refractivity contribution >= 4 is 5.91 Å². The average Bonchev–Trinajstić information content (AvgIpc) is 2.64. The Balaban J connectivity index is 2.10. The molecule has 2 saturated heterocycles. The molecule has 0 aromatic rings. The fourth-order valence-corrected chi connectivity index (χ4v) is 3.06. The smallest absolute Gasteiger partial charge is 0.230 e. The summed E-state index contributed by atoms with van der Waals surface area (Å²) in [7, 11) is 0. The Labute approximate surface area is 117 Å². The molecule has 0 bridgehead atoms. The molecule has 19 heavy (non-hydrogen) atoms. The Bertz CT molecular complexity index is 346. The van der Waals surface area contributed by atoms with E-state index < -0.39 is 11.0 Å². The van der Waals surface area contributed by atoms with Crippen molar-refractivity contribution in [3.05, 3.63) is 0 Å². The summed E-state index contributed by atoms with van der Waals surface area (Å²) in [6.07, 6.45) is 3.60. The van der Waals surface area contributed by atoms with E-state index in [-0.39, 0.29) is 5.91 Å². The Morgan fingerprint density at radius 3 is 2.37 bits per heavy atom. The monoisotopic (exact) mass is 267 g/mol. The number of hydrogen-bond acceptors (Lipinski definition) is 3. The molecule has 110 valence electrons. The Morgan fingerprint density at radius 1 is 1.11 bits per heavy atom. The predicted octanol–water partition coefficient (Wildman–Crippen LogP) is 1.45. The minimum absolute atomic E-state index is 0.216. The molecule has 2 N–H and O–H groups in total. The minimum atomic E-state index is -0.513. The number of nitrogens with two attached hydrogens (primary N) is 1. The van der Waals surface area contributed by atoms with Crippen molar-refractivity contribution < 1.29 is 4.79 Å². The van der Waals surface area contributed by atoms with Gasteiger partial charge >= 0.3 is 0 Å². The summed E-state index contributed by atoms with van der Waals surface area (Å²) >= 11 is 0. The van der Waals surface area contributed by atoms with Crippen LogP contribution in [0.3, 0.4) is 0 Å². The van der Waals surface area contributed by atoms with Gasteiger partial charge < -0.3 is 10.6 Å². The second kappa shape index (κ2) is 5.06.